The number of carbonyl (C=O) groups excluding carboxylic acids is 4. The molecule has 0 saturated carbocycles. The molecule has 0 spiro atoms. The Labute approximate surface area is 120 Å². The molecule has 0 unspecified atom stereocenters. The van der Waals surface area contributed by atoms with Crippen LogP contribution in [0.1, 0.15) is 32.1 Å². The molecule has 1 aliphatic heterocycles. The number of amides is 4. The van der Waals surface area contributed by atoms with Crippen molar-refractivity contribution >= 4 is 29.6 Å². The second kappa shape index (κ2) is 7.36. The Morgan fingerprint density at radius 2 is 1.76 bits per heavy atom. The van der Waals surface area contributed by atoms with Gasteiger partial charge in [-0.1, -0.05) is 0 Å². The third kappa shape index (κ3) is 5.21. The maximum Gasteiger partial charge on any atom is 0.326 e. The Bertz CT molecular complexity index is 460. The zero-order valence-corrected chi connectivity index (χ0v) is 11.3. The summed E-state index contributed by atoms with van der Waals surface area (Å²) in [5.74, 6) is -3.23. The highest BCUT2D eigenvalue weighted by Gasteiger charge is 2.29. The maximum atomic E-state index is 11.6. The molecule has 9 heteroatoms. The van der Waals surface area contributed by atoms with Gasteiger partial charge in [-0.05, 0) is 6.42 Å². The first-order valence-corrected chi connectivity index (χ1v) is 6.45. The molecule has 1 rings (SSSR count). The number of nitrogens with zero attached hydrogens (tertiary/aromatic N) is 1. The number of hydrogen-bond acceptors (Lipinski definition) is 5. The smallest absolute Gasteiger partial charge is 0.326 e. The summed E-state index contributed by atoms with van der Waals surface area (Å²) >= 11 is 0. The molecule has 0 aliphatic carbocycles. The van der Waals surface area contributed by atoms with Gasteiger partial charge in [-0.25, -0.2) is 4.79 Å². The minimum Gasteiger partial charge on any atom is -0.480 e. The quantitative estimate of drug-likeness (QED) is 0.458. The Morgan fingerprint density at radius 3 is 2.24 bits per heavy atom. The lowest BCUT2D eigenvalue weighted by Crippen LogP contribution is -2.43. The molecule has 9 nitrogen and oxygen atoms in total. The van der Waals surface area contributed by atoms with Crippen molar-refractivity contribution in [1.82, 2.24) is 10.2 Å². The standard InChI is InChI=1S/C12H17N3O6/c13-8(16)2-1-7(12(20)21)14-9(17)5-6-15-10(18)3-4-11(15)19/h7H,1-6H2,(H2,13,16)(H,14,17)(H,20,21)/t7-/m1/s1. The van der Waals surface area contributed by atoms with Crippen LogP contribution in [-0.4, -0.2) is 52.2 Å². The van der Waals surface area contributed by atoms with Crippen molar-refractivity contribution in [1.29, 1.82) is 0 Å². The van der Waals surface area contributed by atoms with Gasteiger partial charge in [0.1, 0.15) is 6.04 Å². The molecule has 1 aliphatic rings. The Morgan fingerprint density at radius 1 is 1.19 bits per heavy atom. The third-order valence-corrected chi connectivity index (χ3v) is 3.03. The molecule has 1 saturated heterocycles. The molecule has 0 radical (unpaired) electrons. The average Bonchev–Trinajstić information content (AvgIpc) is 2.71. The van der Waals surface area contributed by atoms with E-state index < -0.39 is 23.8 Å². The van der Waals surface area contributed by atoms with E-state index >= 15 is 0 Å². The van der Waals surface area contributed by atoms with E-state index in [-0.39, 0.29) is 50.5 Å². The van der Waals surface area contributed by atoms with Gasteiger partial charge in [0.05, 0.1) is 0 Å². The van der Waals surface area contributed by atoms with Crippen molar-refractivity contribution < 1.29 is 29.1 Å². The van der Waals surface area contributed by atoms with Gasteiger partial charge in [0.25, 0.3) is 0 Å². The minimum absolute atomic E-state index is 0.0777. The number of carboxylic acid groups (broad SMARTS) is 1. The molecule has 21 heavy (non-hydrogen) atoms. The van der Waals surface area contributed by atoms with E-state index in [1.807, 2.05) is 0 Å². The molecule has 0 bridgehead atoms. The molecule has 0 aromatic carbocycles. The van der Waals surface area contributed by atoms with Crippen LogP contribution in [0.25, 0.3) is 0 Å². The number of nitrogens with two attached hydrogens (primary N) is 1. The number of nitrogens with one attached hydrogen (secondary N) is 1. The first-order valence-electron chi connectivity index (χ1n) is 6.45. The van der Waals surface area contributed by atoms with E-state index in [1.165, 1.54) is 0 Å². The van der Waals surface area contributed by atoms with Crippen LogP contribution in [0.3, 0.4) is 0 Å². The number of imide groups is 1. The molecule has 4 amide bonds. The monoisotopic (exact) mass is 299 g/mol. The fraction of sp³-hybridized carbons (Fsp3) is 0.583. The maximum absolute atomic E-state index is 11.6. The highest BCUT2D eigenvalue weighted by Crippen LogP contribution is 2.11. The van der Waals surface area contributed by atoms with Gasteiger partial charge >= 0.3 is 5.97 Å². The first kappa shape index (κ1) is 16.6. The number of likely N-dealkylation sites (tertiary alicyclic amines) is 1. The number of rotatable bonds is 8. The van der Waals surface area contributed by atoms with Crippen LogP contribution in [0.2, 0.25) is 0 Å². The van der Waals surface area contributed by atoms with Gasteiger partial charge in [0, 0.05) is 32.2 Å². The second-order valence-electron chi connectivity index (χ2n) is 4.65. The average molecular weight is 299 g/mol. The van der Waals surface area contributed by atoms with Crippen LogP contribution in [0.4, 0.5) is 0 Å². The van der Waals surface area contributed by atoms with Crippen LogP contribution < -0.4 is 11.1 Å². The fourth-order valence-corrected chi connectivity index (χ4v) is 1.90. The van der Waals surface area contributed by atoms with E-state index in [9.17, 15) is 24.0 Å². The van der Waals surface area contributed by atoms with Crippen molar-refractivity contribution in [2.75, 3.05) is 6.54 Å². The summed E-state index contributed by atoms with van der Waals surface area (Å²) in [6, 6.07) is -1.23. The van der Waals surface area contributed by atoms with Crippen molar-refractivity contribution in [3.05, 3.63) is 0 Å². The van der Waals surface area contributed by atoms with Gasteiger partial charge < -0.3 is 16.2 Å². The molecule has 0 aromatic rings. The van der Waals surface area contributed by atoms with Crippen LogP contribution in [-0.2, 0) is 24.0 Å². The SMILES string of the molecule is NC(=O)CC[C@@H](NC(=O)CCN1C(=O)CCC1=O)C(=O)O. The number of carboxylic acids is 1. The molecule has 1 atom stereocenters. The zero-order valence-electron chi connectivity index (χ0n) is 11.3. The fourth-order valence-electron chi connectivity index (χ4n) is 1.90. The Balaban J connectivity index is 2.43. The van der Waals surface area contributed by atoms with E-state index in [4.69, 9.17) is 10.8 Å². The first-order chi connectivity index (χ1) is 9.81. The molecule has 4 N–H and O–H groups in total. The van der Waals surface area contributed by atoms with Crippen molar-refractivity contribution in [3.63, 3.8) is 0 Å². The van der Waals surface area contributed by atoms with Gasteiger partial charge in [-0.15, -0.1) is 0 Å². The van der Waals surface area contributed by atoms with Gasteiger partial charge in [0.2, 0.25) is 23.6 Å². The summed E-state index contributed by atoms with van der Waals surface area (Å²) in [4.78, 5) is 56.8. The predicted molar refractivity (Wildman–Crippen MR) is 68.6 cm³/mol. The Kier molecular flexibility index (Phi) is 5.82. The molecular formula is C12H17N3O6. The zero-order chi connectivity index (χ0) is 16.0. The van der Waals surface area contributed by atoms with Crippen molar-refractivity contribution in [2.45, 2.75) is 38.1 Å². The third-order valence-electron chi connectivity index (χ3n) is 3.03. The summed E-state index contributed by atoms with van der Waals surface area (Å²) in [6.07, 6.45) is -0.191. The minimum atomic E-state index is -1.28. The topological polar surface area (TPSA) is 147 Å². The number of carbonyl (C=O) groups is 5. The van der Waals surface area contributed by atoms with Crippen LogP contribution in [0.15, 0.2) is 0 Å². The molecule has 1 heterocycles. The number of primary amides is 1. The summed E-state index contributed by atoms with van der Waals surface area (Å²) < 4.78 is 0. The van der Waals surface area contributed by atoms with Crippen molar-refractivity contribution in [3.8, 4) is 0 Å². The van der Waals surface area contributed by atoms with Crippen LogP contribution in [0.5, 0.6) is 0 Å². The van der Waals surface area contributed by atoms with E-state index in [0.29, 0.717) is 0 Å². The lowest BCUT2D eigenvalue weighted by atomic mass is 10.1. The summed E-state index contributed by atoms with van der Waals surface area (Å²) in [7, 11) is 0. The van der Waals surface area contributed by atoms with Gasteiger partial charge in [-0.2, -0.15) is 0 Å². The largest absolute Gasteiger partial charge is 0.480 e. The number of aliphatic carboxylic acids is 1. The normalized spacial score (nSPS) is 15.9. The lowest BCUT2D eigenvalue weighted by Gasteiger charge is -2.16. The molecule has 116 valence electrons. The molecule has 0 aromatic heterocycles. The highest BCUT2D eigenvalue weighted by molar-refractivity contribution is 6.02. The predicted octanol–water partition coefficient (Wildman–Crippen LogP) is -1.64. The van der Waals surface area contributed by atoms with Gasteiger partial charge in [0.15, 0.2) is 0 Å². The van der Waals surface area contributed by atoms with Crippen LogP contribution in [0, 0.1) is 0 Å². The number of hydrogen-bond donors (Lipinski definition) is 3. The second-order valence-corrected chi connectivity index (χ2v) is 4.65. The lowest BCUT2D eigenvalue weighted by molar-refractivity contribution is -0.143. The van der Waals surface area contributed by atoms with E-state index in [2.05, 4.69) is 5.32 Å². The van der Waals surface area contributed by atoms with E-state index in [0.717, 1.165) is 4.90 Å². The molecular weight excluding hydrogens is 282 g/mol. The Hall–Kier alpha value is -2.45. The summed E-state index contributed by atoms with van der Waals surface area (Å²) in [6.45, 7) is -0.0777. The van der Waals surface area contributed by atoms with Crippen molar-refractivity contribution in [2.24, 2.45) is 5.73 Å². The van der Waals surface area contributed by atoms with Crippen LogP contribution >= 0.6 is 0 Å². The summed E-state index contributed by atoms with van der Waals surface area (Å²) in [5.41, 5.74) is 4.92. The molecule has 1 fully saturated rings. The van der Waals surface area contributed by atoms with E-state index in [1.54, 1.807) is 0 Å². The van der Waals surface area contributed by atoms with Gasteiger partial charge in [-0.3, -0.25) is 24.1 Å². The summed E-state index contributed by atoms with van der Waals surface area (Å²) in [5, 5.41) is 11.1. The highest BCUT2D eigenvalue weighted by atomic mass is 16.4.